The van der Waals surface area contributed by atoms with E-state index in [0.29, 0.717) is 22.5 Å². The summed E-state index contributed by atoms with van der Waals surface area (Å²) in [6.45, 7) is 7.58. The Morgan fingerprint density at radius 2 is 1.23 bits per heavy atom. The van der Waals surface area contributed by atoms with Crippen molar-refractivity contribution in [3.05, 3.63) is 47.8 Å². The van der Waals surface area contributed by atoms with Crippen LogP contribution >= 0.6 is 0 Å². The second kappa shape index (κ2) is 9.08. The maximum Gasteiger partial charge on any atom is 0.338 e. The van der Waals surface area contributed by atoms with Crippen LogP contribution in [0.5, 0.6) is 0 Å². The van der Waals surface area contributed by atoms with Gasteiger partial charge in [-0.2, -0.15) is 0 Å². The Morgan fingerprint density at radius 3 is 1.58 bits per heavy atom. The van der Waals surface area contributed by atoms with Gasteiger partial charge in [-0.1, -0.05) is 13.8 Å². The minimum Gasteiger partial charge on any atom is -0.459 e. The van der Waals surface area contributed by atoms with Gasteiger partial charge in [0.15, 0.2) is 0 Å². The lowest BCUT2D eigenvalue weighted by Gasteiger charge is -2.12. The highest BCUT2D eigenvalue weighted by Gasteiger charge is 2.15. The maximum absolute atomic E-state index is 12.2. The third-order valence-corrected chi connectivity index (χ3v) is 4.02. The van der Waals surface area contributed by atoms with E-state index in [1.807, 2.05) is 27.7 Å². The van der Waals surface area contributed by atoms with E-state index in [9.17, 15) is 9.59 Å². The molecular formula is C20H24N2O4. The van der Waals surface area contributed by atoms with Crippen molar-refractivity contribution in [2.75, 3.05) is 0 Å². The first-order valence-corrected chi connectivity index (χ1v) is 8.79. The van der Waals surface area contributed by atoms with Crippen LogP contribution in [0.1, 0.15) is 61.3 Å². The standard InChI is InChI=1S/C20H24N2O4/c1-5-13(3)25-19(23)15-7-9-21-17(11-15)18-12-16(8-10-22-18)20(24)26-14(4)6-2/h7-14H,5-6H2,1-4H3. The van der Waals surface area contributed by atoms with Crippen molar-refractivity contribution in [3.8, 4) is 11.4 Å². The molecule has 2 heterocycles. The van der Waals surface area contributed by atoms with E-state index >= 15 is 0 Å². The molecule has 0 radical (unpaired) electrons. The van der Waals surface area contributed by atoms with Crippen LogP contribution in [-0.4, -0.2) is 34.1 Å². The summed E-state index contributed by atoms with van der Waals surface area (Å²) in [6, 6.07) is 6.40. The summed E-state index contributed by atoms with van der Waals surface area (Å²) < 4.78 is 10.7. The summed E-state index contributed by atoms with van der Waals surface area (Å²) in [7, 11) is 0. The minimum absolute atomic E-state index is 0.157. The molecule has 0 aliphatic rings. The van der Waals surface area contributed by atoms with E-state index in [1.165, 1.54) is 12.4 Å². The summed E-state index contributed by atoms with van der Waals surface area (Å²) in [5.74, 6) is -0.814. The molecule has 2 unspecified atom stereocenters. The number of carbonyl (C=O) groups is 2. The van der Waals surface area contributed by atoms with Gasteiger partial charge >= 0.3 is 11.9 Å². The molecule has 2 atom stereocenters. The van der Waals surface area contributed by atoms with E-state index in [-0.39, 0.29) is 12.2 Å². The SMILES string of the molecule is CCC(C)OC(=O)c1ccnc(-c2cc(C(=O)OC(C)CC)ccn2)c1. The maximum atomic E-state index is 12.2. The van der Waals surface area contributed by atoms with E-state index in [0.717, 1.165) is 12.8 Å². The lowest BCUT2D eigenvalue weighted by molar-refractivity contribution is 0.0324. The van der Waals surface area contributed by atoms with Gasteiger partial charge in [-0.05, 0) is 51.0 Å². The second-order valence-electron chi connectivity index (χ2n) is 6.11. The Bertz CT molecular complexity index is 710. The lowest BCUT2D eigenvalue weighted by Crippen LogP contribution is -2.14. The van der Waals surface area contributed by atoms with Crippen LogP contribution in [0.25, 0.3) is 11.4 Å². The van der Waals surface area contributed by atoms with Crippen molar-refractivity contribution in [2.45, 2.75) is 52.7 Å². The van der Waals surface area contributed by atoms with E-state index < -0.39 is 11.9 Å². The molecule has 26 heavy (non-hydrogen) atoms. The summed E-state index contributed by atoms with van der Waals surface area (Å²) in [6.07, 6.45) is 4.21. The summed E-state index contributed by atoms with van der Waals surface area (Å²) in [5.41, 5.74) is 1.76. The van der Waals surface area contributed by atoms with Crippen molar-refractivity contribution in [2.24, 2.45) is 0 Å². The molecule has 0 bridgehead atoms. The van der Waals surface area contributed by atoms with Crippen LogP contribution < -0.4 is 0 Å². The van der Waals surface area contributed by atoms with Gasteiger partial charge in [0, 0.05) is 12.4 Å². The number of ether oxygens (including phenoxy) is 2. The lowest BCUT2D eigenvalue weighted by atomic mass is 10.1. The van der Waals surface area contributed by atoms with Crippen LogP contribution in [-0.2, 0) is 9.47 Å². The molecule has 0 aromatic carbocycles. The largest absolute Gasteiger partial charge is 0.459 e. The molecule has 2 rings (SSSR count). The molecule has 0 aliphatic carbocycles. The van der Waals surface area contributed by atoms with Crippen molar-refractivity contribution in [3.63, 3.8) is 0 Å². The molecular weight excluding hydrogens is 332 g/mol. The third-order valence-electron chi connectivity index (χ3n) is 4.02. The molecule has 0 N–H and O–H groups in total. The Balaban J connectivity index is 2.23. The Labute approximate surface area is 153 Å². The Hall–Kier alpha value is -2.76. The van der Waals surface area contributed by atoms with Crippen molar-refractivity contribution in [1.29, 1.82) is 0 Å². The highest BCUT2D eigenvalue weighted by molar-refractivity contribution is 5.92. The van der Waals surface area contributed by atoms with Crippen LogP contribution in [0.4, 0.5) is 0 Å². The zero-order valence-electron chi connectivity index (χ0n) is 15.6. The molecule has 0 amide bonds. The molecule has 138 valence electrons. The van der Waals surface area contributed by atoms with Gasteiger partial charge in [-0.3, -0.25) is 9.97 Å². The smallest absolute Gasteiger partial charge is 0.338 e. The number of nitrogens with zero attached hydrogens (tertiary/aromatic N) is 2. The molecule has 0 fully saturated rings. The number of hydrogen-bond acceptors (Lipinski definition) is 6. The molecule has 0 saturated heterocycles. The van der Waals surface area contributed by atoms with Crippen LogP contribution in [0.3, 0.4) is 0 Å². The normalized spacial score (nSPS) is 12.9. The average Bonchev–Trinajstić information content (AvgIpc) is 2.67. The fraction of sp³-hybridized carbons (Fsp3) is 0.400. The van der Waals surface area contributed by atoms with Crippen LogP contribution in [0.15, 0.2) is 36.7 Å². The highest BCUT2D eigenvalue weighted by Crippen LogP contribution is 2.18. The van der Waals surface area contributed by atoms with Crippen LogP contribution in [0.2, 0.25) is 0 Å². The van der Waals surface area contributed by atoms with Gasteiger partial charge in [0.05, 0.1) is 34.7 Å². The first kappa shape index (κ1) is 19.6. The molecule has 0 spiro atoms. The molecule has 0 aliphatic heterocycles. The Morgan fingerprint density at radius 1 is 0.846 bits per heavy atom. The number of rotatable bonds is 7. The van der Waals surface area contributed by atoms with Gasteiger partial charge in [0.25, 0.3) is 0 Å². The molecule has 6 heteroatoms. The second-order valence-corrected chi connectivity index (χ2v) is 6.11. The van der Waals surface area contributed by atoms with Crippen molar-refractivity contribution >= 4 is 11.9 Å². The third kappa shape index (κ3) is 5.12. The Kier molecular flexibility index (Phi) is 6.83. The van der Waals surface area contributed by atoms with E-state index in [2.05, 4.69) is 9.97 Å². The topological polar surface area (TPSA) is 78.4 Å². The average molecular weight is 356 g/mol. The first-order valence-electron chi connectivity index (χ1n) is 8.79. The van der Waals surface area contributed by atoms with Crippen LogP contribution in [0, 0.1) is 0 Å². The summed E-state index contributed by atoms with van der Waals surface area (Å²) in [4.78, 5) is 32.9. The fourth-order valence-electron chi connectivity index (χ4n) is 2.06. The highest BCUT2D eigenvalue weighted by atomic mass is 16.5. The molecule has 0 saturated carbocycles. The van der Waals surface area contributed by atoms with E-state index in [1.54, 1.807) is 24.3 Å². The predicted octanol–water partition coefficient (Wildman–Crippen LogP) is 4.05. The van der Waals surface area contributed by atoms with Crippen molar-refractivity contribution in [1.82, 2.24) is 9.97 Å². The number of pyridine rings is 2. The van der Waals surface area contributed by atoms with Gasteiger partial charge in [0.1, 0.15) is 0 Å². The van der Waals surface area contributed by atoms with Gasteiger partial charge in [0.2, 0.25) is 0 Å². The van der Waals surface area contributed by atoms with Gasteiger partial charge in [-0.25, -0.2) is 9.59 Å². The summed E-state index contributed by atoms with van der Waals surface area (Å²) >= 11 is 0. The molecule has 2 aromatic rings. The van der Waals surface area contributed by atoms with Gasteiger partial charge in [-0.15, -0.1) is 0 Å². The number of esters is 2. The van der Waals surface area contributed by atoms with E-state index in [4.69, 9.17) is 9.47 Å². The molecule has 2 aromatic heterocycles. The first-order chi connectivity index (χ1) is 12.4. The monoisotopic (exact) mass is 356 g/mol. The fourth-order valence-corrected chi connectivity index (χ4v) is 2.06. The number of aromatic nitrogens is 2. The molecule has 6 nitrogen and oxygen atoms in total. The minimum atomic E-state index is -0.407. The quantitative estimate of drug-likeness (QED) is 0.696. The zero-order valence-corrected chi connectivity index (χ0v) is 15.6. The number of carbonyl (C=O) groups excluding carboxylic acids is 2. The van der Waals surface area contributed by atoms with Gasteiger partial charge < -0.3 is 9.47 Å². The predicted molar refractivity (Wildman–Crippen MR) is 97.8 cm³/mol. The summed E-state index contributed by atoms with van der Waals surface area (Å²) in [5, 5.41) is 0. The number of hydrogen-bond donors (Lipinski definition) is 0. The zero-order chi connectivity index (χ0) is 19.1. The van der Waals surface area contributed by atoms with Crippen molar-refractivity contribution < 1.29 is 19.1 Å².